The number of hydrogen-bond acceptors (Lipinski definition) is 1. The molecule has 0 rings (SSSR count). The molecule has 0 aliphatic carbocycles. The van der Waals surface area contributed by atoms with Gasteiger partial charge in [0.25, 0.3) is 0 Å². The van der Waals surface area contributed by atoms with Gasteiger partial charge in [-0.05, 0) is 0 Å². The second-order valence-corrected chi connectivity index (χ2v) is 0. The van der Waals surface area contributed by atoms with Crippen molar-refractivity contribution in [2.24, 2.45) is 0 Å². The van der Waals surface area contributed by atoms with Crippen molar-refractivity contribution in [3.63, 3.8) is 0 Å². The topological polar surface area (TPSA) is 17.1 Å². The van der Waals surface area contributed by atoms with Gasteiger partial charge in [-0.3, -0.25) is 6.79 Å². The van der Waals surface area contributed by atoms with E-state index in [1.165, 1.54) is 0 Å². The minimum absolute atomic E-state index is 0. The van der Waals surface area contributed by atoms with Crippen LogP contribution in [-0.2, 0) is 38.9 Å². The number of carbonyl (C=O) groups excluding carboxylic acids is 1. The summed E-state index contributed by atoms with van der Waals surface area (Å²) >= 11 is 0. The average Bonchev–Trinajstić information content (AvgIpc) is 1.00. The maximum Gasteiger partial charge on any atom is 1.00 e. The summed E-state index contributed by atoms with van der Waals surface area (Å²) in [5.74, 6) is 0. The molecule has 3 heteroatoms. The van der Waals surface area contributed by atoms with Gasteiger partial charge in [-0.1, -0.05) is 0 Å². The fourth-order valence-corrected chi connectivity index (χ4v) is 0. The Kier molecular flexibility index (Phi) is 300. The van der Waals surface area contributed by atoms with Gasteiger partial charge in [0.15, 0.2) is 0 Å². The maximum absolute atomic E-state index is 7.75. The molecular formula is CHCuMnO. The molecule has 0 aromatic heterocycles. The molecule has 0 saturated heterocycles. The zero-order chi connectivity index (χ0) is 2.00. The summed E-state index contributed by atoms with van der Waals surface area (Å²) in [6, 6.07) is 0. The molecule has 0 N–H and O–H groups in total. The van der Waals surface area contributed by atoms with Crippen molar-refractivity contribution in [2.45, 2.75) is 0 Å². The van der Waals surface area contributed by atoms with Crippen molar-refractivity contribution < 1.29 is 38.9 Å². The van der Waals surface area contributed by atoms with Crippen molar-refractivity contribution in [3.05, 3.63) is 0 Å². The van der Waals surface area contributed by atoms with Gasteiger partial charge in [-0.2, -0.15) is 0 Å². The molecule has 29 valence electrons. The summed E-state index contributed by atoms with van der Waals surface area (Å²) in [5.41, 5.74) is 0. The van der Waals surface area contributed by atoms with Crippen LogP contribution >= 0.6 is 0 Å². The molecular weight excluding hydrogens is 146 g/mol. The summed E-state index contributed by atoms with van der Waals surface area (Å²) in [4.78, 5) is 7.75. The summed E-state index contributed by atoms with van der Waals surface area (Å²) in [5, 5.41) is 0. The molecule has 0 atom stereocenters. The van der Waals surface area contributed by atoms with Crippen LogP contribution in [0.3, 0.4) is 0 Å². The van der Waals surface area contributed by atoms with Crippen LogP contribution in [0.15, 0.2) is 0 Å². The first-order valence-corrected chi connectivity index (χ1v) is 0.236. The fraction of sp³-hybridized carbons (Fsp3) is 0. The molecule has 0 unspecified atom stereocenters. The van der Waals surface area contributed by atoms with Crippen LogP contribution < -0.4 is 0 Å². The molecule has 4 heavy (non-hydrogen) atoms. The third-order valence-corrected chi connectivity index (χ3v) is 0. The largest absolute Gasteiger partial charge is 1.00 e. The van der Waals surface area contributed by atoms with E-state index < -0.39 is 0 Å². The van der Waals surface area contributed by atoms with Crippen LogP contribution in [0, 0.1) is 0 Å². The predicted octanol–water partition coefficient (Wildman–Crippen LogP) is -0.279. The fourth-order valence-electron chi connectivity index (χ4n) is 0. The summed E-state index contributed by atoms with van der Waals surface area (Å²) in [6.45, 7) is 3.25. The van der Waals surface area contributed by atoms with Crippen LogP contribution in [0.2, 0.25) is 0 Å². The quantitative estimate of drug-likeness (QED) is 0.262. The van der Waals surface area contributed by atoms with E-state index in [-0.39, 0.29) is 34.1 Å². The van der Waals surface area contributed by atoms with Crippen molar-refractivity contribution >= 4 is 6.79 Å². The van der Waals surface area contributed by atoms with Crippen molar-refractivity contribution in [3.8, 4) is 0 Å². The van der Waals surface area contributed by atoms with Gasteiger partial charge in [-0.15, -0.1) is 0 Å². The Hall–Kier alpha value is 0.709. The first-order valence-electron chi connectivity index (χ1n) is 0.236. The SMILES string of the molecule is [CH-]=O.[Cu+].[Mn]. The van der Waals surface area contributed by atoms with Crippen LogP contribution in [0.5, 0.6) is 0 Å². The van der Waals surface area contributed by atoms with Gasteiger partial charge in [0.05, 0.1) is 0 Å². The summed E-state index contributed by atoms with van der Waals surface area (Å²) in [7, 11) is 0. The maximum atomic E-state index is 7.75. The third kappa shape index (κ3) is 15.7. The van der Waals surface area contributed by atoms with Crippen LogP contribution in [0.4, 0.5) is 0 Å². The molecule has 0 aromatic carbocycles. The second kappa shape index (κ2) is 54.2. The van der Waals surface area contributed by atoms with E-state index in [0.717, 1.165) is 0 Å². The van der Waals surface area contributed by atoms with Crippen LogP contribution in [0.1, 0.15) is 0 Å². The Morgan fingerprint density at radius 1 is 1.25 bits per heavy atom. The van der Waals surface area contributed by atoms with Gasteiger partial charge in [0.2, 0.25) is 0 Å². The molecule has 0 saturated carbocycles. The minimum Gasteiger partial charge on any atom is -0.545 e. The molecule has 1 nitrogen and oxygen atoms in total. The zero-order valence-electron chi connectivity index (χ0n) is 1.67. The van der Waals surface area contributed by atoms with Crippen molar-refractivity contribution in [1.82, 2.24) is 0 Å². The molecule has 0 heterocycles. The standard InChI is InChI=1S/CHO.Cu.Mn/c1-2;;/h1H;;/q-1;+1;. The van der Waals surface area contributed by atoms with Gasteiger partial charge in [0.1, 0.15) is 0 Å². The first-order chi connectivity index (χ1) is 1.00. The van der Waals surface area contributed by atoms with E-state index in [2.05, 4.69) is 6.79 Å². The summed E-state index contributed by atoms with van der Waals surface area (Å²) in [6.07, 6.45) is 0. The molecule has 0 fully saturated rings. The third-order valence-electron chi connectivity index (χ3n) is 0. The van der Waals surface area contributed by atoms with E-state index in [4.69, 9.17) is 4.79 Å². The molecule has 0 amide bonds. The van der Waals surface area contributed by atoms with E-state index in [0.29, 0.717) is 0 Å². The van der Waals surface area contributed by atoms with Crippen LogP contribution in [-0.4, -0.2) is 6.79 Å². The van der Waals surface area contributed by atoms with Gasteiger partial charge >= 0.3 is 17.1 Å². The summed E-state index contributed by atoms with van der Waals surface area (Å²) < 4.78 is 0. The zero-order valence-corrected chi connectivity index (χ0v) is 3.79. The van der Waals surface area contributed by atoms with Crippen LogP contribution in [0.25, 0.3) is 0 Å². The van der Waals surface area contributed by atoms with Crippen molar-refractivity contribution in [1.29, 1.82) is 0 Å². The molecule has 0 aliphatic heterocycles. The normalized spacial score (nSPS) is 1.00. The number of hydrogen-bond donors (Lipinski definition) is 0. The van der Waals surface area contributed by atoms with E-state index >= 15 is 0 Å². The van der Waals surface area contributed by atoms with E-state index in [1.54, 1.807) is 0 Å². The van der Waals surface area contributed by atoms with Gasteiger partial charge in [-0.25, -0.2) is 0 Å². The molecule has 0 aromatic rings. The molecule has 0 spiro atoms. The van der Waals surface area contributed by atoms with E-state index in [9.17, 15) is 0 Å². The smallest absolute Gasteiger partial charge is 0.545 e. The van der Waals surface area contributed by atoms with E-state index in [1.807, 2.05) is 0 Å². The first kappa shape index (κ1) is 22.2. The number of rotatable bonds is 0. The predicted molar refractivity (Wildman–Crippen MR) is 6.75 cm³/mol. The Labute approximate surface area is 46.1 Å². The molecule has 0 aliphatic rings. The Morgan fingerprint density at radius 2 is 1.25 bits per heavy atom. The Morgan fingerprint density at radius 3 is 1.25 bits per heavy atom. The van der Waals surface area contributed by atoms with Gasteiger partial charge in [0, 0.05) is 17.1 Å². The monoisotopic (exact) mass is 147 g/mol. The minimum atomic E-state index is 0. The second-order valence-electron chi connectivity index (χ2n) is 0. The average molecular weight is 148 g/mol. The molecule has 1 radical (unpaired) electrons. The Balaban J connectivity index is -0.00000000500. The Bertz CT molecular complexity index is 8.00. The molecule has 0 bridgehead atoms. The van der Waals surface area contributed by atoms with Gasteiger partial charge < -0.3 is 4.79 Å². The van der Waals surface area contributed by atoms with Crippen molar-refractivity contribution in [2.75, 3.05) is 0 Å².